The monoisotopic (exact) mass is 320 g/mol. The molecule has 0 radical (unpaired) electrons. The van der Waals surface area contributed by atoms with Crippen LogP contribution in [0.3, 0.4) is 0 Å². The Morgan fingerprint density at radius 1 is 1.39 bits per heavy atom. The van der Waals surface area contributed by atoms with Crippen molar-refractivity contribution in [3.8, 4) is 0 Å². The second-order valence-corrected chi connectivity index (χ2v) is 7.84. The number of hydrogen-bond acceptors (Lipinski definition) is 4. The van der Waals surface area contributed by atoms with Gasteiger partial charge in [-0.25, -0.2) is 4.79 Å². The average Bonchev–Trinajstić information content (AvgIpc) is 2.82. The van der Waals surface area contributed by atoms with E-state index in [1.165, 1.54) is 5.57 Å². The maximum absolute atomic E-state index is 11.7. The zero-order valence-electron chi connectivity index (χ0n) is 14.1. The lowest BCUT2D eigenvalue weighted by molar-refractivity contribution is -0.135. The Morgan fingerprint density at radius 3 is 2.78 bits per heavy atom. The minimum absolute atomic E-state index is 0.0688. The third kappa shape index (κ3) is 2.76. The molecule has 2 saturated carbocycles. The maximum atomic E-state index is 11.7. The zero-order valence-corrected chi connectivity index (χ0v) is 14.1. The fourth-order valence-electron chi connectivity index (χ4n) is 5.15. The van der Waals surface area contributed by atoms with E-state index in [0.29, 0.717) is 23.3 Å². The van der Waals surface area contributed by atoms with Crippen LogP contribution in [0.25, 0.3) is 0 Å². The first kappa shape index (κ1) is 16.7. The van der Waals surface area contributed by atoms with Crippen LogP contribution in [-0.4, -0.2) is 35.0 Å². The minimum Gasteiger partial charge on any atom is -0.459 e. The molecule has 2 N–H and O–H groups in total. The Morgan fingerprint density at radius 2 is 2.13 bits per heavy atom. The van der Waals surface area contributed by atoms with E-state index in [-0.39, 0.29) is 18.1 Å². The molecule has 0 aromatic rings. The summed E-state index contributed by atoms with van der Waals surface area (Å²) in [5.74, 6) is 0.692. The van der Waals surface area contributed by atoms with Gasteiger partial charge in [-0.15, -0.1) is 0 Å². The molecule has 1 saturated heterocycles. The number of aliphatic hydroxyl groups excluding tert-OH is 2. The number of aliphatic hydroxyl groups is 2. The first-order valence-electron chi connectivity index (χ1n) is 8.75. The van der Waals surface area contributed by atoms with Gasteiger partial charge in [-0.2, -0.15) is 0 Å². The van der Waals surface area contributed by atoms with Crippen molar-refractivity contribution in [2.45, 2.75) is 58.2 Å². The Bertz CT molecular complexity index is 537. The number of carbonyl (C=O) groups excluding carboxylic acids is 1. The van der Waals surface area contributed by atoms with Gasteiger partial charge in [0.25, 0.3) is 0 Å². The molecule has 3 fully saturated rings. The number of hydrogen-bond donors (Lipinski definition) is 2. The van der Waals surface area contributed by atoms with Gasteiger partial charge >= 0.3 is 5.97 Å². The van der Waals surface area contributed by atoms with Gasteiger partial charge in [0.05, 0.1) is 11.7 Å². The molecule has 4 nitrogen and oxygen atoms in total. The lowest BCUT2D eigenvalue weighted by Crippen LogP contribution is -2.49. The van der Waals surface area contributed by atoms with Crippen LogP contribution in [0.4, 0.5) is 0 Å². The van der Waals surface area contributed by atoms with Crippen molar-refractivity contribution >= 4 is 5.97 Å². The fraction of sp³-hybridized carbons (Fsp3) is 0.737. The molecule has 6 atom stereocenters. The van der Waals surface area contributed by atoms with Gasteiger partial charge in [0, 0.05) is 0 Å². The summed E-state index contributed by atoms with van der Waals surface area (Å²) in [4.78, 5) is 11.7. The van der Waals surface area contributed by atoms with Crippen LogP contribution in [0.1, 0.15) is 46.0 Å². The van der Waals surface area contributed by atoms with Crippen molar-refractivity contribution in [3.63, 3.8) is 0 Å². The second-order valence-electron chi connectivity index (χ2n) is 7.84. The first-order valence-corrected chi connectivity index (χ1v) is 8.75. The van der Waals surface area contributed by atoms with Crippen molar-refractivity contribution in [3.05, 3.63) is 23.8 Å². The molecule has 0 bridgehead atoms. The van der Waals surface area contributed by atoms with Crippen LogP contribution in [0, 0.1) is 23.2 Å². The molecule has 2 aliphatic carbocycles. The van der Waals surface area contributed by atoms with Gasteiger partial charge in [0.15, 0.2) is 0 Å². The zero-order chi connectivity index (χ0) is 16.8. The van der Waals surface area contributed by atoms with Gasteiger partial charge < -0.3 is 14.9 Å². The standard InChI is InChI=1S/C19H28O4/c1-11-4-6-15-12(2)16(20)8-9-19(15,3)14(11)7-5-13-17(21)10-23-18(13)22/h5,12,14-17,20-21H,1,4,6-10H2,2-3H3/b13-5+/t12-,14-,15-,16+,17-,19+/m1/s1. The van der Waals surface area contributed by atoms with E-state index >= 15 is 0 Å². The second kappa shape index (κ2) is 6.06. The lowest BCUT2D eigenvalue weighted by atomic mass is 9.50. The predicted molar refractivity (Wildman–Crippen MR) is 87.5 cm³/mol. The normalized spacial score (nSPS) is 45.9. The highest BCUT2D eigenvalue weighted by molar-refractivity contribution is 5.91. The van der Waals surface area contributed by atoms with Crippen molar-refractivity contribution in [1.82, 2.24) is 0 Å². The van der Waals surface area contributed by atoms with Crippen molar-refractivity contribution < 1.29 is 19.7 Å². The fourth-order valence-corrected chi connectivity index (χ4v) is 5.15. The van der Waals surface area contributed by atoms with Crippen LogP contribution in [0.15, 0.2) is 23.8 Å². The van der Waals surface area contributed by atoms with E-state index in [2.05, 4.69) is 20.4 Å². The quantitative estimate of drug-likeness (QED) is 0.466. The summed E-state index contributed by atoms with van der Waals surface area (Å²) in [6.07, 6.45) is 5.47. The van der Waals surface area contributed by atoms with Crippen LogP contribution < -0.4 is 0 Å². The summed E-state index contributed by atoms with van der Waals surface area (Å²) in [7, 11) is 0. The highest BCUT2D eigenvalue weighted by atomic mass is 16.6. The third-order valence-corrected chi connectivity index (χ3v) is 6.67. The summed E-state index contributed by atoms with van der Waals surface area (Å²) in [5, 5.41) is 20.1. The molecule has 3 aliphatic rings. The largest absolute Gasteiger partial charge is 0.459 e. The summed E-state index contributed by atoms with van der Waals surface area (Å²) in [6.45, 7) is 8.84. The summed E-state index contributed by atoms with van der Waals surface area (Å²) in [6, 6.07) is 0. The Hall–Kier alpha value is -1.13. The highest BCUT2D eigenvalue weighted by Gasteiger charge is 2.50. The molecule has 4 heteroatoms. The average molecular weight is 320 g/mol. The lowest BCUT2D eigenvalue weighted by Gasteiger charge is -2.55. The number of fused-ring (bicyclic) bond motifs is 1. The van der Waals surface area contributed by atoms with Gasteiger partial charge in [0.1, 0.15) is 12.7 Å². The molecule has 0 aromatic heterocycles. The predicted octanol–water partition coefficient (Wildman–Crippen LogP) is 2.60. The molecule has 0 unspecified atom stereocenters. The van der Waals surface area contributed by atoms with Crippen molar-refractivity contribution in [2.24, 2.45) is 23.2 Å². The number of carbonyl (C=O) groups is 1. The van der Waals surface area contributed by atoms with Crippen molar-refractivity contribution in [2.75, 3.05) is 6.61 Å². The molecule has 128 valence electrons. The summed E-state index contributed by atoms with van der Waals surface area (Å²) < 4.78 is 4.89. The van der Waals surface area contributed by atoms with Crippen LogP contribution in [-0.2, 0) is 9.53 Å². The number of esters is 1. The van der Waals surface area contributed by atoms with Gasteiger partial charge in [-0.1, -0.05) is 32.1 Å². The summed E-state index contributed by atoms with van der Waals surface area (Å²) in [5.41, 5.74) is 1.75. The number of rotatable bonds is 2. The van der Waals surface area contributed by atoms with Crippen molar-refractivity contribution in [1.29, 1.82) is 0 Å². The van der Waals surface area contributed by atoms with E-state index in [9.17, 15) is 15.0 Å². The molecule has 0 aromatic carbocycles. The maximum Gasteiger partial charge on any atom is 0.336 e. The molecule has 1 heterocycles. The van der Waals surface area contributed by atoms with Gasteiger partial charge in [0.2, 0.25) is 0 Å². The molecule has 0 amide bonds. The molecular weight excluding hydrogens is 292 g/mol. The first-order chi connectivity index (χ1) is 10.8. The SMILES string of the molecule is C=C1CC[C@@H]2[C@@H](C)[C@@H](O)CC[C@@]2(C)[C@@H]1C/C=C1/C(=O)OC[C@H]1O. The highest BCUT2D eigenvalue weighted by Crippen LogP contribution is 2.57. The van der Waals surface area contributed by atoms with E-state index in [4.69, 9.17) is 4.74 Å². The van der Waals surface area contributed by atoms with E-state index < -0.39 is 12.1 Å². The van der Waals surface area contributed by atoms with Crippen LogP contribution in [0.5, 0.6) is 0 Å². The number of allylic oxidation sites excluding steroid dienone is 2. The molecule has 3 rings (SSSR count). The minimum atomic E-state index is -0.796. The van der Waals surface area contributed by atoms with E-state index in [1.807, 2.05) is 6.08 Å². The van der Waals surface area contributed by atoms with Gasteiger partial charge in [-0.05, 0) is 55.3 Å². The Balaban J connectivity index is 1.83. The number of cyclic esters (lactones) is 1. The molecule has 23 heavy (non-hydrogen) atoms. The Labute approximate surface area is 138 Å². The molecular formula is C19H28O4. The molecule has 1 aliphatic heterocycles. The van der Waals surface area contributed by atoms with E-state index in [0.717, 1.165) is 32.1 Å². The van der Waals surface area contributed by atoms with Crippen LogP contribution >= 0.6 is 0 Å². The number of ether oxygens (including phenoxy) is 1. The third-order valence-electron chi connectivity index (χ3n) is 6.67. The van der Waals surface area contributed by atoms with Gasteiger partial charge in [-0.3, -0.25) is 0 Å². The topological polar surface area (TPSA) is 66.8 Å². The van der Waals surface area contributed by atoms with E-state index in [1.54, 1.807) is 0 Å². The van der Waals surface area contributed by atoms with Crippen LogP contribution in [0.2, 0.25) is 0 Å². The smallest absolute Gasteiger partial charge is 0.336 e. The Kier molecular flexibility index (Phi) is 4.41. The molecule has 0 spiro atoms. The summed E-state index contributed by atoms with van der Waals surface area (Å²) >= 11 is 0.